The predicted octanol–water partition coefficient (Wildman–Crippen LogP) is 3.78. The lowest BCUT2D eigenvalue weighted by atomic mass is 9.96. The van der Waals surface area contributed by atoms with Crippen molar-refractivity contribution in [3.63, 3.8) is 0 Å². The van der Waals surface area contributed by atoms with Crippen molar-refractivity contribution in [2.45, 2.75) is 57.9 Å². The maximum atomic E-state index is 11.9. The number of carbonyl (C=O) groups is 1. The minimum Gasteiger partial charge on any atom is -0.309 e. The summed E-state index contributed by atoms with van der Waals surface area (Å²) in [5, 5.41) is 7.53. The van der Waals surface area contributed by atoms with E-state index in [0.29, 0.717) is 12.5 Å². The molecule has 1 fully saturated rings. The van der Waals surface area contributed by atoms with Crippen LogP contribution in [0.15, 0.2) is 6.20 Å². The van der Waals surface area contributed by atoms with E-state index in [4.69, 9.17) is 0 Å². The molecule has 0 radical (unpaired) electrons. The number of rotatable bonds is 6. The molecule has 1 aromatic rings. The Bertz CT molecular complexity index is 438. The van der Waals surface area contributed by atoms with Gasteiger partial charge in [0.15, 0.2) is 5.82 Å². The third kappa shape index (κ3) is 4.27. The number of amides is 1. The van der Waals surface area contributed by atoms with Crippen molar-refractivity contribution in [1.29, 1.82) is 0 Å². The number of carbonyl (C=O) groups excluding carboxylic acids is 1. The van der Waals surface area contributed by atoms with Crippen molar-refractivity contribution < 1.29 is 4.79 Å². The van der Waals surface area contributed by atoms with Gasteiger partial charge in [0, 0.05) is 18.2 Å². The zero-order chi connectivity index (χ0) is 14.4. The third-order valence-electron chi connectivity index (χ3n) is 3.87. The zero-order valence-corrected chi connectivity index (χ0v) is 13.3. The fourth-order valence-electron chi connectivity index (χ4n) is 2.71. The molecule has 1 amide bonds. The lowest BCUT2D eigenvalue weighted by Crippen LogP contribution is -2.15. The van der Waals surface area contributed by atoms with Gasteiger partial charge in [0.25, 0.3) is 0 Å². The number of nitrogens with zero attached hydrogens (tertiary/aromatic N) is 2. The van der Waals surface area contributed by atoms with Crippen molar-refractivity contribution in [2.24, 2.45) is 0 Å². The lowest BCUT2D eigenvalue weighted by molar-refractivity contribution is -0.116. The van der Waals surface area contributed by atoms with Crippen LogP contribution in [-0.2, 0) is 4.79 Å². The minimum atomic E-state index is 0.0797. The molecule has 0 spiro atoms. The lowest BCUT2D eigenvalue weighted by Gasteiger charge is -2.21. The normalized spacial score (nSPS) is 16.3. The second-order valence-corrected chi connectivity index (χ2v) is 6.56. The predicted molar refractivity (Wildman–Crippen MR) is 85.3 cm³/mol. The number of hydrogen-bond acceptors (Lipinski definition) is 3. The molecule has 1 saturated carbocycles. The Morgan fingerprint density at radius 1 is 1.45 bits per heavy atom. The molecule has 0 aromatic carbocycles. The van der Waals surface area contributed by atoms with E-state index in [9.17, 15) is 4.79 Å². The Morgan fingerprint density at radius 2 is 2.20 bits per heavy atom. The summed E-state index contributed by atoms with van der Waals surface area (Å²) >= 11 is 1.78. The van der Waals surface area contributed by atoms with Gasteiger partial charge in [-0.05, 0) is 38.2 Å². The monoisotopic (exact) mass is 295 g/mol. The number of thioether (sulfide) groups is 1. The fourth-order valence-corrected chi connectivity index (χ4v) is 3.14. The Morgan fingerprint density at radius 3 is 2.90 bits per heavy atom. The third-order valence-corrected chi connectivity index (χ3v) is 4.57. The first-order chi connectivity index (χ1) is 9.70. The summed E-state index contributed by atoms with van der Waals surface area (Å²) in [7, 11) is 0. The first-order valence-electron chi connectivity index (χ1n) is 7.55. The second kappa shape index (κ2) is 7.72. The molecule has 20 heavy (non-hydrogen) atoms. The molecule has 1 aliphatic carbocycles. The molecule has 1 N–H and O–H groups in total. The summed E-state index contributed by atoms with van der Waals surface area (Å²) in [5.74, 6) is 1.85. The Labute approximate surface area is 125 Å². The number of aromatic nitrogens is 2. The first kappa shape index (κ1) is 15.4. The van der Waals surface area contributed by atoms with Gasteiger partial charge in [-0.1, -0.05) is 19.3 Å². The molecule has 0 atom stereocenters. The number of hydrogen-bond donors (Lipinski definition) is 1. The molecule has 0 unspecified atom stereocenters. The molecule has 112 valence electrons. The van der Waals surface area contributed by atoms with Gasteiger partial charge in [-0.2, -0.15) is 16.9 Å². The molecule has 0 aliphatic heterocycles. The Kier molecular flexibility index (Phi) is 5.95. The van der Waals surface area contributed by atoms with Crippen LogP contribution in [0, 0.1) is 6.92 Å². The summed E-state index contributed by atoms with van der Waals surface area (Å²) in [6, 6.07) is 0.518. The van der Waals surface area contributed by atoms with Crippen LogP contribution in [0.4, 0.5) is 5.82 Å². The van der Waals surface area contributed by atoms with E-state index in [2.05, 4.69) is 27.5 Å². The van der Waals surface area contributed by atoms with Gasteiger partial charge in [0.05, 0.1) is 6.04 Å². The molecule has 1 heterocycles. The van der Waals surface area contributed by atoms with Gasteiger partial charge in [0.1, 0.15) is 0 Å². The molecule has 0 saturated heterocycles. The molecule has 2 rings (SSSR count). The summed E-state index contributed by atoms with van der Waals surface area (Å²) in [6.07, 6.45) is 12.0. The summed E-state index contributed by atoms with van der Waals surface area (Å²) < 4.78 is 2.06. The smallest absolute Gasteiger partial charge is 0.225 e. The number of aryl methyl sites for hydroxylation is 1. The first-order valence-corrected chi connectivity index (χ1v) is 8.94. The number of anilines is 1. The van der Waals surface area contributed by atoms with Gasteiger partial charge in [-0.15, -0.1) is 0 Å². The molecular weight excluding hydrogens is 270 g/mol. The molecule has 1 aliphatic rings. The molecule has 0 bridgehead atoms. The largest absolute Gasteiger partial charge is 0.309 e. The Hall–Kier alpha value is -0.970. The highest BCUT2D eigenvalue weighted by Gasteiger charge is 2.18. The van der Waals surface area contributed by atoms with Crippen LogP contribution in [0.3, 0.4) is 0 Å². The van der Waals surface area contributed by atoms with Crippen molar-refractivity contribution >= 4 is 23.5 Å². The van der Waals surface area contributed by atoms with Gasteiger partial charge in [0.2, 0.25) is 5.91 Å². The van der Waals surface area contributed by atoms with Gasteiger partial charge in [-0.3, -0.25) is 9.48 Å². The van der Waals surface area contributed by atoms with Crippen LogP contribution in [-0.4, -0.2) is 27.7 Å². The number of nitrogens with one attached hydrogen (secondary N) is 1. The average Bonchev–Trinajstić information content (AvgIpc) is 2.81. The topological polar surface area (TPSA) is 46.9 Å². The summed E-state index contributed by atoms with van der Waals surface area (Å²) in [4.78, 5) is 11.9. The van der Waals surface area contributed by atoms with E-state index in [-0.39, 0.29) is 5.91 Å². The fraction of sp³-hybridized carbons (Fsp3) is 0.733. The van der Waals surface area contributed by atoms with Crippen LogP contribution in [0.1, 0.15) is 56.6 Å². The van der Waals surface area contributed by atoms with Gasteiger partial charge < -0.3 is 5.32 Å². The van der Waals surface area contributed by atoms with Crippen molar-refractivity contribution in [2.75, 3.05) is 17.3 Å². The Balaban J connectivity index is 1.91. The van der Waals surface area contributed by atoms with E-state index in [0.717, 1.165) is 23.6 Å². The van der Waals surface area contributed by atoms with Gasteiger partial charge >= 0.3 is 0 Å². The minimum absolute atomic E-state index is 0.0797. The second-order valence-electron chi connectivity index (χ2n) is 5.58. The van der Waals surface area contributed by atoms with E-state index in [1.165, 1.54) is 32.1 Å². The van der Waals surface area contributed by atoms with Crippen LogP contribution in [0.5, 0.6) is 0 Å². The van der Waals surface area contributed by atoms with Crippen LogP contribution in [0.2, 0.25) is 0 Å². The van der Waals surface area contributed by atoms with Crippen LogP contribution >= 0.6 is 11.8 Å². The highest BCUT2D eigenvalue weighted by molar-refractivity contribution is 7.98. The SMILES string of the molecule is CSCCCC(=O)Nc1nn(C2CCCCC2)cc1C. The van der Waals surface area contributed by atoms with Crippen LogP contribution in [0.25, 0.3) is 0 Å². The van der Waals surface area contributed by atoms with Crippen LogP contribution < -0.4 is 5.32 Å². The average molecular weight is 295 g/mol. The zero-order valence-electron chi connectivity index (χ0n) is 12.5. The molecule has 1 aromatic heterocycles. The summed E-state index contributed by atoms with van der Waals surface area (Å²) in [6.45, 7) is 2.02. The van der Waals surface area contributed by atoms with Crippen molar-refractivity contribution in [1.82, 2.24) is 9.78 Å². The standard InChI is InChI=1S/C15H25N3OS/c1-12-11-18(13-7-4-3-5-8-13)17-15(12)16-14(19)9-6-10-20-2/h11,13H,3-10H2,1-2H3,(H,16,17,19). The van der Waals surface area contributed by atoms with Gasteiger partial charge in [-0.25, -0.2) is 0 Å². The highest BCUT2D eigenvalue weighted by Crippen LogP contribution is 2.29. The highest BCUT2D eigenvalue weighted by atomic mass is 32.2. The van der Waals surface area contributed by atoms with E-state index >= 15 is 0 Å². The maximum Gasteiger partial charge on any atom is 0.225 e. The molecule has 4 nitrogen and oxygen atoms in total. The quantitative estimate of drug-likeness (QED) is 0.812. The maximum absolute atomic E-state index is 11.9. The van der Waals surface area contributed by atoms with E-state index < -0.39 is 0 Å². The van der Waals surface area contributed by atoms with Crippen molar-refractivity contribution in [3.05, 3.63) is 11.8 Å². The van der Waals surface area contributed by atoms with E-state index in [1.54, 1.807) is 11.8 Å². The van der Waals surface area contributed by atoms with E-state index in [1.807, 2.05) is 6.92 Å². The summed E-state index contributed by atoms with van der Waals surface area (Å²) in [5.41, 5.74) is 1.06. The molecular formula is C15H25N3OS. The van der Waals surface area contributed by atoms with Crippen molar-refractivity contribution in [3.8, 4) is 0 Å². The molecule has 5 heteroatoms.